The van der Waals surface area contributed by atoms with Gasteiger partial charge >= 0.3 is 11.9 Å². The topological polar surface area (TPSA) is 335 Å². The molecule has 1 saturated carbocycles. The summed E-state index contributed by atoms with van der Waals surface area (Å²) in [4.78, 5) is 59.5. The minimum Gasteiger partial charge on any atom is -0.756 e. The van der Waals surface area contributed by atoms with Crippen molar-refractivity contribution in [2.24, 2.45) is 0 Å². The van der Waals surface area contributed by atoms with E-state index < -0.39 is 89.8 Å². The first-order valence-corrected chi connectivity index (χ1v) is 25.0. The fourth-order valence-electron chi connectivity index (χ4n) is 6.81. The third-order valence-corrected chi connectivity index (χ3v) is 11.6. The number of esters is 2. The van der Waals surface area contributed by atoms with Crippen molar-refractivity contribution in [3.63, 3.8) is 0 Å². The van der Waals surface area contributed by atoms with Crippen LogP contribution in [0.1, 0.15) is 200 Å². The summed E-state index contributed by atoms with van der Waals surface area (Å²) in [5.41, 5.74) is 0. The second-order valence-electron chi connectivity index (χ2n) is 15.6. The van der Waals surface area contributed by atoms with Crippen LogP contribution in [0.4, 0.5) is 0 Å². The molecule has 0 bridgehead atoms. The monoisotopic (exact) mass is 930 g/mol. The normalized spacial score (nSPS) is 24.8. The molecule has 1 rings (SSSR count). The van der Waals surface area contributed by atoms with Crippen molar-refractivity contribution >= 4 is 27.6 Å². The smallest absolute Gasteiger partial charge is 0.306 e. The third-order valence-electron chi connectivity index (χ3n) is 10.2. The Morgan fingerprint density at radius 3 is 1.28 bits per heavy atom. The van der Waals surface area contributed by atoms with Crippen LogP contribution in [-0.4, -0.2) is 93.1 Å². The van der Waals surface area contributed by atoms with Crippen LogP contribution in [0.15, 0.2) is 0 Å². The SMILES string of the molecule is [2H]C([2H])(OC(=O)CCCCCCCCCCCCCCC)C([2H])(OC(=O)CCCCCCCCCCCCCCC)C([2H])([2H])OP(=O)([O-])O[C@H]1[C@H](O)[C@@H](OP(=O)([O-])O)[C@H](O)[C@@H](O)[C@H]1O.[NH4+].[NH4+]. The Morgan fingerprint density at radius 2 is 0.902 bits per heavy atom. The summed E-state index contributed by atoms with van der Waals surface area (Å²) in [6.07, 6.45) is 5.42. The lowest BCUT2D eigenvalue weighted by molar-refractivity contribution is -0.271. The maximum absolute atomic E-state index is 13.1. The van der Waals surface area contributed by atoms with Gasteiger partial charge in [0.1, 0.15) is 43.2 Å². The molecule has 0 aliphatic heterocycles. The molecule has 13 N–H and O–H groups in total. The molecule has 18 nitrogen and oxygen atoms in total. The number of rotatable bonds is 38. The fraction of sp³-hybridized carbons (Fsp3) is 0.951. The van der Waals surface area contributed by atoms with Gasteiger partial charge in [-0.05, 0) is 12.8 Å². The number of aliphatic hydroxyl groups is 4. The van der Waals surface area contributed by atoms with Gasteiger partial charge in [0.2, 0.25) is 0 Å². The van der Waals surface area contributed by atoms with Crippen LogP contribution in [-0.2, 0) is 41.8 Å². The van der Waals surface area contributed by atoms with E-state index in [1.165, 1.54) is 77.0 Å². The van der Waals surface area contributed by atoms with Gasteiger partial charge in [0, 0.05) is 12.8 Å². The van der Waals surface area contributed by atoms with Crippen LogP contribution in [0, 0.1) is 0 Å². The molecule has 0 spiro atoms. The lowest BCUT2D eigenvalue weighted by Gasteiger charge is -2.45. The van der Waals surface area contributed by atoms with Gasteiger partial charge in [-0.3, -0.25) is 18.7 Å². The van der Waals surface area contributed by atoms with Crippen LogP contribution in [0.25, 0.3) is 0 Å². The predicted molar refractivity (Wildman–Crippen MR) is 231 cm³/mol. The highest BCUT2D eigenvalue weighted by molar-refractivity contribution is 7.46. The maximum atomic E-state index is 13.1. The molecule has 1 aliphatic rings. The van der Waals surface area contributed by atoms with Crippen molar-refractivity contribution in [1.82, 2.24) is 12.3 Å². The summed E-state index contributed by atoms with van der Waals surface area (Å²) in [6, 6.07) is 0. The largest absolute Gasteiger partial charge is 0.756 e. The summed E-state index contributed by atoms with van der Waals surface area (Å²) in [5.74, 6) is -2.63. The van der Waals surface area contributed by atoms with Crippen molar-refractivity contribution in [3.05, 3.63) is 0 Å². The van der Waals surface area contributed by atoms with Crippen LogP contribution >= 0.6 is 15.6 Å². The molecular weight excluding hydrogens is 838 g/mol. The minimum absolute atomic E-state index is 0. The van der Waals surface area contributed by atoms with E-state index in [1.54, 1.807) is 0 Å². The van der Waals surface area contributed by atoms with Gasteiger partial charge in [0.15, 0.2) is 6.08 Å². The Morgan fingerprint density at radius 1 is 0.557 bits per heavy atom. The molecule has 20 heteroatoms. The highest BCUT2D eigenvalue weighted by Crippen LogP contribution is 2.45. The molecule has 0 aromatic rings. The lowest BCUT2D eigenvalue weighted by atomic mass is 9.85. The van der Waals surface area contributed by atoms with Crippen molar-refractivity contribution in [3.8, 4) is 0 Å². The number of carbonyl (C=O) groups is 2. The molecule has 0 heterocycles. The van der Waals surface area contributed by atoms with Gasteiger partial charge in [0.25, 0.3) is 15.6 Å². The first-order chi connectivity index (χ1) is 29.9. The van der Waals surface area contributed by atoms with Gasteiger partial charge in [0.05, 0.1) is 13.4 Å². The van der Waals surface area contributed by atoms with Crippen LogP contribution in [0.5, 0.6) is 0 Å². The molecule has 3 unspecified atom stereocenters. The number of phosphoric ester groups is 2. The Kier molecular flexibility index (Phi) is 32.0. The molecule has 0 aromatic carbocycles. The van der Waals surface area contributed by atoms with Crippen LogP contribution in [0.2, 0.25) is 0 Å². The number of hydrogen-bond donors (Lipinski definition) is 7. The number of aliphatic hydroxyl groups excluding tert-OH is 4. The van der Waals surface area contributed by atoms with E-state index in [1.807, 2.05) is 0 Å². The van der Waals surface area contributed by atoms with Crippen molar-refractivity contribution in [2.45, 2.75) is 236 Å². The number of ether oxygens (including phenoxy) is 2. The number of unbranched alkanes of at least 4 members (excludes halogenated alkanes) is 24. The second-order valence-corrected chi connectivity index (χ2v) is 18.0. The Balaban J connectivity index is 0. The number of hydrogen-bond acceptors (Lipinski definition) is 15. The van der Waals surface area contributed by atoms with Gasteiger partial charge in [-0.1, -0.05) is 168 Å². The molecular formula is C41H86N2O16P2. The average molecular weight is 930 g/mol. The zero-order valence-corrected chi connectivity index (χ0v) is 39.2. The molecule has 1 aliphatic carbocycles. The number of carbonyl (C=O) groups excluding carboxylic acids is 2. The van der Waals surface area contributed by atoms with E-state index >= 15 is 0 Å². The van der Waals surface area contributed by atoms with E-state index in [2.05, 4.69) is 27.4 Å². The molecule has 61 heavy (non-hydrogen) atoms. The summed E-state index contributed by atoms with van der Waals surface area (Å²) in [5, 5.41) is 41.2. The van der Waals surface area contributed by atoms with Gasteiger partial charge < -0.3 is 70.5 Å². The second kappa shape index (κ2) is 37.2. The van der Waals surface area contributed by atoms with E-state index in [4.69, 9.17) is 21.2 Å². The number of phosphoric acid groups is 2. The molecule has 1 fully saturated rings. The van der Waals surface area contributed by atoms with Gasteiger partial charge in [-0.2, -0.15) is 0 Å². The molecule has 0 saturated heterocycles. The summed E-state index contributed by atoms with van der Waals surface area (Å²) in [7, 11) is -12.2. The van der Waals surface area contributed by atoms with E-state index in [0.717, 1.165) is 64.2 Å². The molecule has 0 radical (unpaired) electrons. The van der Waals surface area contributed by atoms with Crippen LogP contribution in [0.3, 0.4) is 0 Å². The number of quaternary nitrogens is 2. The van der Waals surface area contributed by atoms with Crippen molar-refractivity contribution < 1.29 is 83.7 Å². The van der Waals surface area contributed by atoms with Crippen molar-refractivity contribution in [1.29, 1.82) is 0 Å². The Labute approximate surface area is 372 Å². The predicted octanol–water partition coefficient (Wildman–Crippen LogP) is 7.33. The zero-order chi connectivity index (χ0) is 48.5. The average Bonchev–Trinajstić information content (AvgIpc) is 3.19. The third kappa shape index (κ3) is 31.4. The lowest BCUT2D eigenvalue weighted by Crippen LogP contribution is -2.64. The molecule has 366 valence electrons. The van der Waals surface area contributed by atoms with Gasteiger partial charge in [-0.25, -0.2) is 0 Å². The summed E-state index contributed by atoms with van der Waals surface area (Å²) < 4.78 is 89.9. The summed E-state index contributed by atoms with van der Waals surface area (Å²) in [6.45, 7) is -3.90. The quantitative estimate of drug-likeness (QED) is 0.0181. The molecule has 0 aromatic heterocycles. The Hall–Kier alpha value is -1.08. The first kappa shape index (κ1) is 52.5. The summed E-state index contributed by atoms with van der Waals surface area (Å²) >= 11 is 0. The zero-order valence-electron chi connectivity index (χ0n) is 42.4. The Bertz CT molecular complexity index is 1410. The van der Waals surface area contributed by atoms with Crippen molar-refractivity contribution in [2.75, 3.05) is 13.1 Å². The van der Waals surface area contributed by atoms with E-state index in [9.17, 15) is 48.9 Å². The molecule has 0 amide bonds. The minimum atomic E-state index is -6.44. The highest BCUT2D eigenvalue weighted by Gasteiger charge is 2.52. The maximum Gasteiger partial charge on any atom is 0.306 e. The van der Waals surface area contributed by atoms with E-state index in [-0.39, 0.29) is 31.6 Å². The van der Waals surface area contributed by atoms with Crippen LogP contribution < -0.4 is 22.1 Å². The van der Waals surface area contributed by atoms with Gasteiger partial charge in [-0.15, -0.1) is 0 Å². The molecule has 9 atom stereocenters. The first-order valence-electron chi connectivity index (χ1n) is 24.5. The highest BCUT2D eigenvalue weighted by atomic mass is 31.2. The van der Waals surface area contributed by atoms with E-state index in [0.29, 0.717) is 12.8 Å². The fourth-order valence-corrected chi connectivity index (χ4v) is 8.15. The standard InChI is InChI=1S/C41H80O16P2.2H3N/c1-3-5-7-9-11-13-15-17-19-21-23-25-27-29-34(42)53-31-33(55-35(43)30-28-26-24-22-20-18-16-14-12-10-8-6-4-2)32-54-59(51,52)57-41-38(46)36(44)37(45)40(39(41)47)56-58(48,49)50;;/h33,36-41,44-47H,3-32H2,1-2H3,(H,51,52)(H2,48,49,50);2*1H3/t33?,36-,37-,38-,39-,40+,41-;;/m1../s1/i31D2,32D2,33D;;.